The number of aromatic hydroxyl groups is 1. The molecule has 29 heavy (non-hydrogen) atoms. The molecule has 2 aliphatic carbocycles. The second-order valence-corrected chi connectivity index (χ2v) is 8.80. The Morgan fingerprint density at radius 2 is 2.03 bits per heavy atom. The molecule has 148 valence electrons. The normalized spacial score (nSPS) is 33.7. The molecule has 2 bridgehead atoms. The summed E-state index contributed by atoms with van der Waals surface area (Å²) in [7, 11) is 2.20. The summed E-state index contributed by atoms with van der Waals surface area (Å²) < 4.78 is 6.46. The Morgan fingerprint density at radius 3 is 2.86 bits per heavy atom. The summed E-state index contributed by atoms with van der Waals surface area (Å²) in [6.45, 7) is 0.989. The molecule has 5 nitrogen and oxygen atoms in total. The van der Waals surface area contributed by atoms with Gasteiger partial charge in [-0.05, 0) is 50.2 Å². The molecule has 1 saturated heterocycles. The molecule has 1 fully saturated rings. The van der Waals surface area contributed by atoms with Gasteiger partial charge in [0.2, 0.25) is 0 Å². The second kappa shape index (κ2) is 5.86. The third-order valence-corrected chi connectivity index (χ3v) is 7.51. The Hall–Kier alpha value is -2.79. The summed E-state index contributed by atoms with van der Waals surface area (Å²) in [5, 5.41) is 13.8. The van der Waals surface area contributed by atoms with Crippen molar-refractivity contribution in [1.29, 1.82) is 0 Å². The van der Waals surface area contributed by atoms with Crippen LogP contribution in [0.15, 0.2) is 54.6 Å². The van der Waals surface area contributed by atoms with E-state index in [1.807, 2.05) is 30.3 Å². The lowest BCUT2D eigenvalue weighted by Crippen LogP contribution is -2.66. The molecular formula is C24H24N2O3. The Bertz CT molecular complexity index is 1030. The van der Waals surface area contributed by atoms with Gasteiger partial charge in [-0.15, -0.1) is 0 Å². The van der Waals surface area contributed by atoms with Crippen molar-refractivity contribution in [1.82, 2.24) is 10.2 Å². The van der Waals surface area contributed by atoms with Gasteiger partial charge in [0.05, 0.1) is 6.04 Å². The van der Waals surface area contributed by atoms with E-state index in [0.717, 1.165) is 19.4 Å². The molecule has 2 heterocycles. The van der Waals surface area contributed by atoms with Crippen molar-refractivity contribution in [2.24, 2.45) is 5.92 Å². The van der Waals surface area contributed by atoms with E-state index in [1.165, 1.54) is 11.1 Å². The lowest BCUT2D eigenvalue weighted by atomic mass is 9.53. The van der Waals surface area contributed by atoms with Gasteiger partial charge in [0.15, 0.2) is 11.5 Å². The fraction of sp³-hybridized carbons (Fsp3) is 0.375. The highest BCUT2D eigenvalue weighted by Gasteiger charge is 2.64. The summed E-state index contributed by atoms with van der Waals surface area (Å²) in [6.07, 6.45) is 6.12. The van der Waals surface area contributed by atoms with Crippen LogP contribution in [-0.4, -0.2) is 47.7 Å². The smallest absolute Gasteiger partial charge is 0.251 e. The minimum absolute atomic E-state index is 0.0978. The zero-order valence-electron chi connectivity index (χ0n) is 16.3. The lowest BCUT2D eigenvalue weighted by molar-refractivity contribution is -0.00855. The molecule has 1 spiro atoms. The lowest BCUT2D eigenvalue weighted by Gasteiger charge is -2.57. The van der Waals surface area contributed by atoms with Crippen molar-refractivity contribution in [3.8, 4) is 11.5 Å². The van der Waals surface area contributed by atoms with Crippen LogP contribution in [0.1, 0.15) is 27.9 Å². The number of hydrogen-bond acceptors (Lipinski definition) is 4. The summed E-state index contributed by atoms with van der Waals surface area (Å²) in [4.78, 5) is 15.3. The van der Waals surface area contributed by atoms with Crippen molar-refractivity contribution in [2.75, 3.05) is 13.6 Å². The van der Waals surface area contributed by atoms with Crippen LogP contribution in [0.5, 0.6) is 11.5 Å². The van der Waals surface area contributed by atoms with Gasteiger partial charge in [-0.2, -0.15) is 0 Å². The average molecular weight is 388 g/mol. The second-order valence-electron chi connectivity index (χ2n) is 8.80. The first-order valence-electron chi connectivity index (χ1n) is 10.4. The number of piperidine rings is 1. The van der Waals surface area contributed by atoms with E-state index in [9.17, 15) is 9.90 Å². The Labute approximate surface area is 170 Å². The fourth-order valence-electron chi connectivity index (χ4n) is 6.21. The standard InChI is InChI=1S/C24H24N2O3/c1-26-12-11-24-16-8-9-17(25-23(28)14-5-3-2-4-6-14)22(24)29-21-19(27)10-7-15(20(21)24)13-18(16)26/h2-10,16-18,22,27H,11-13H2,1H3,(H,25,28). The van der Waals surface area contributed by atoms with Gasteiger partial charge < -0.3 is 20.1 Å². The number of phenolic OH excluding ortho intramolecular Hbond substituents is 1. The molecule has 1 amide bonds. The maximum absolute atomic E-state index is 12.9. The Kier molecular flexibility index (Phi) is 3.46. The van der Waals surface area contributed by atoms with Crippen molar-refractivity contribution in [3.63, 3.8) is 0 Å². The molecule has 5 unspecified atom stereocenters. The predicted molar refractivity (Wildman–Crippen MR) is 109 cm³/mol. The number of likely N-dealkylation sites (N-methyl/N-ethyl adjacent to an activating group) is 1. The Morgan fingerprint density at radius 1 is 1.21 bits per heavy atom. The van der Waals surface area contributed by atoms with E-state index in [4.69, 9.17) is 4.74 Å². The number of benzene rings is 2. The van der Waals surface area contributed by atoms with Crippen molar-refractivity contribution in [2.45, 2.75) is 36.4 Å². The highest BCUT2D eigenvalue weighted by atomic mass is 16.5. The molecular weight excluding hydrogens is 364 g/mol. The number of carbonyl (C=O) groups is 1. The zero-order chi connectivity index (χ0) is 19.8. The number of hydrogen-bond donors (Lipinski definition) is 2. The first-order valence-corrected chi connectivity index (χ1v) is 10.4. The zero-order valence-corrected chi connectivity index (χ0v) is 16.3. The number of amides is 1. The maximum atomic E-state index is 12.9. The first kappa shape index (κ1) is 17.1. The van der Waals surface area contributed by atoms with E-state index < -0.39 is 0 Å². The molecule has 5 atom stereocenters. The third-order valence-electron chi connectivity index (χ3n) is 7.51. The molecule has 6 rings (SSSR count). The van der Waals surface area contributed by atoms with Crippen LogP contribution in [0.25, 0.3) is 0 Å². The van der Waals surface area contributed by atoms with Gasteiger partial charge in [0.1, 0.15) is 6.10 Å². The number of likely N-dealkylation sites (tertiary alicyclic amines) is 1. The van der Waals surface area contributed by atoms with Crippen LogP contribution in [0.3, 0.4) is 0 Å². The molecule has 0 saturated carbocycles. The molecule has 2 aromatic carbocycles. The highest BCUT2D eigenvalue weighted by Crippen LogP contribution is 2.62. The van der Waals surface area contributed by atoms with Crippen LogP contribution >= 0.6 is 0 Å². The molecule has 5 heteroatoms. The van der Waals surface area contributed by atoms with Gasteiger partial charge in [0, 0.05) is 28.5 Å². The number of nitrogens with one attached hydrogen (secondary N) is 1. The molecule has 0 aromatic heterocycles. The quantitative estimate of drug-likeness (QED) is 0.777. The predicted octanol–water partition coefficient (Wildman–Crippen LogP) is 2.64. The van der Waals surface area contributed by atoms with Gasteiger partial charge >= 0.3 is 0 Å². The maximum Gasteiger partial charge on any atom is 0.251 e. The molecule has 2 aromatic rings. The number of phenols is 1. The van der Waals surface area contributed by atoms with Crippen LogP contribution in [0, 0.1) is 5.92 Å². The monoisotopic (exact) mass is 388 g/mol. The Balaban J connectivity index is 1.45. The summed E-state index contributed by atoms with van der Waals surface area (Å²) in [5.74, 6) is 1.06. The average Bonchev–Trinajstić information content (AvgIpc) is 3.10. The topological polar surface area (TPSA) is 61.8 Å². The number of nitrogens with zero attached hydrogens (tertiary/aromatic N) is 1. The van der Waals surface area contributed by atoms with E-state index >= 15 is 0 Å². The van der Waals surface area contributed by atoms with Gasteiger partial charge in [-0.25, -0.2) is 0 Å². The van der Waals surface area contributed by atoms with Crippen LogP contribution < -0.4 is 10.1 Å². The van der Waals surface area contributed by atoms with Crippen molar-refractivity contribution in [3.05, 3.63) is 71.3 Å². The van der Waals surface area contributed by atoms with Crippen molar-refractivity contribution >= 4 is 5.91 Å². The van der Waals surface area contributed by atoms with Crippen LogP contribution in [0.4, 0.5) is 0 Å². The minimum atomic E-state index is -0.235. The number of ether oxygens (including phenoxy) is 1. The van der Waals surface area contributed by atoms with Crippen LogP contribution in [-0.2, 0) is 11.8 Å². The summed E-state index contributed by atoms with van der Waals surface area (Å²) in [5.41, 5.74) is 2.91. The molecule has 2 N–H and O–H groups in total. The third kappa shape index (κ3) is 2.16. The number of rotatable bonds is 2. The fourth-order valence-corrected chi connectivity index (χ4v) is 6.21. The summed E-state index contributed by atoms with van der Waals surface area (Å²) in [6, 6.07) is 13.3. The molecule has 2 aliphatic heterocycles. The van der Waals surface area contributed by atoms with E-state index in [2.05, 4.69) is 35.5 Å². The van der Waals surface area contributed by atoms with Gasteiger partial charge in [-0.3, -0.25) is 4.79 Å². The first-order chi connectivity index (χ1) is 14.1. The van der Waals surface area contributed by atoms with Crippen LogP contribution in [0.2, 0.25) is 0 Å². The molecule has 4 aliphatic rings. The van der Waals surface area contributed by atoms with Gasteiger partial charge in [-0.1, -0.05) is 36.4 Å². The van der Waals surface area contributed by atoms with E-state index in [0.29, 0.717) is 23.3 Å². The molecule has 0 radical (unpaired) electrons. The minimum Gasteiger partial charge on any atom is -0.504 e. The van der Waals surface area contributed by atoms with Crippen molar-refractivity contribution < 1.29 is 14.6 Å². The SMILES string of the molecule is CN1CCC23c4c5ccc(O)c4OC2C(NC(=O)c2ccccc2)C=CC3C1C5. The summed E-state index contributed by atoms with van der Waals surface area (Å²) >= 11 is 0. The number of carbonyl (C=O) groups excluding carboxylic acids is 1. The van der Waals surface area contributed by atoms with Gasteiger partial charge in [0.25, 0.3) is 5.91 Å². The largest absolute Gasteiger partial charge is 0.504 e. The highest BCUT2D eigenvalue weighted by molar-refractivity contribution is 5.94. The van der Waals surface area contributed by atoms with E-state index in [-0.39, 0.29) is 29.2 Å². The van der Waals surface area contributed by atoms with E-state index in [1.54, 1.807) is 6.07 Å².